The Bertz CT molecular complexity index is 1030. The third kappa shape index (κ3) is 5.23. The fourth-order valence-corrected chi connectivity index (χ4v) is 8.42. The van der Waals surface area contributed by atoms with Crippen LogP contribution in [0, 0.1) is 5.92 Å². The number of methoxy groups -OCH3 is 1. The molecule has 3 unspecified atom stereocenters. The summed E-state index contributed by atoms with van der Waals surface area (Å²) in [5.41, 5.74) is 2.37. The maximum Gasteiger partial charge on any atom is 0.308 e. The Morgan fingerprint density at radius 1 is 0.854 bits per heavy atom. The van der Waals surface area contributed by atoms with Gasteiger partial charge in [-0.15, -0.1) is 0 Å². The summed E-state index contributed by atoms with van der Waals surface area (Å²) in [6.45, 7) is 12.9. The van der Waals surface area contributed by atoms with Crippen LogP contribution in [0.3, 0.4) is 0 Å². The highest BCUT2D eigenvalue weighted by Gasteiger charge is 2.68. The molecular weight excluding hydrogens is 528 g/mol. The molecule has 14 atom stereocenters. The van der Waals surface area contributed by atoms with Gasteiger partial charge in [0.2, 0.25) is 0 Å². The fraction of sp³-hybridized carbons (Fsp3) is 0.844. The number of hydrogen-bond acceptors (Lipinski definition) is 9. The number of rotatable bonds is 8. The van der Waals surface area contributed by atoms with E-state index in [1.807, 2.05) is 0 Å². The van der Waals surface area contributed by atoms with Gasteiger partial charge in [-0.05, 0) is 68.9 Å². The van der Waals surface area contributed by atoms with Gasteiger partial charge in [-0.1, -0.05) is 20.1 Å². The van der Waals surface area contributed by atoms with Gasteiger partial charge < -0.3 is 37.9 Å². The van der Waals surface area contributed by atoms with Crippen LogP contribution < -0.4 is 0 Å². The first-order valence-corrected chi connectivity index (χ1v) is 15.8. The predicted molar refractivity (Wildman–Crippen MR) is 147 cm³/mol. The van der Waals surface area contributed by atoms with E-state index >= 15 is 0 Å². The Labute approximate surface area is 243 Å². The minimum absolute atomic E-state index is 0.0374. The van der Waals surface area contributed by atoms with Crippen molar-refractivity contribution in [1.82, 2.24) is 0 Å². The van der Waals surface area contributed by atoms with Gasteiger partial charge in [0, 0.05) is 12.8 Å². The monoisotopic (exact) mass is 574 g/mol. The van der Waals surface area contributed by atoms with E-state index in [0.717, 1.165) is 51.4 Å². The van der Waals surface area contributed by atoms with E-state index in [2.05, 4.69) is 27.0 Å². The van der Waals surface area contributed by atoms with Gasteiger partial charge in [0.05, 0.1) is 56.3 Å². The van der Waals surface area contributed by atoms with Crippen molar-refractivity contribution >= 4 is 5.97 Å². The summed E-state index contributed by atoms with van der Waals surface area (Å²) in [4.78, 5) is 11.9. The van der Waals surface area contributed by atoms with E-state index in [0.29, 0.717) is 12.3 Å². The Morgan fingerprint density at radius 2 is 1.63 bits per heavy atom. The van der Waals surface area contributed by atoms with E-state index < -0.39 is 5.79 Å². The molecule has 0 amide bonds. The van der Waals surface area contributed by atoms with E-state index in [1.165, 1.54) is 18.3 Å². The maximum atomic E-state index is 11.9. The molecular formula is C32H46O9. The topological polar surface area (TPSA) is 90.9 Å². The second-order valence-electron chi connectivity index (χ2n) is 13.5. The van der Waals surface area contributed by atoms with Crippen molar-refractivity contribution in [2.75, 3.05) is 7.11 Å². The molecule has 8 aliphatic rings. The van der Waals surface area contributed by atoms with Gasteiger partial charge in [0.1, 0.15) is 30.5 Å². The van der Waals surface area contributed by atoms with Crippen LogP contribution in [-0.4, -0.2) is 92.1 Å². The van der Waals surface area contributed by atoms with Crippen molar-refractivity contribution in [2.24, 2.45) is 5.92 Å². The molecule has 0 aliphatic carbocycles. The van der Waals surface area contributed by atoms with Crippen LogP contribution in [-0.2, 0) is 42.7 Å². The van der Waals surface area contributed by atoms with Crippen LogP contribution in [0.15, 0.2) is 24.3 Å². The second kappa shape index (κ2) is 11.0. The summed E-state index contributed by atoms with van der Waals surface area (Å²) in [5.74, 6) is -0.513. The molecule has 228 valence electrons. The minimum atomic E-state index is -0.742. The lowest BCUT2D eigenvalue weighted by Gasteiger charge is -2.47. The summed E-state index contributed by atoms with van der Waals surface area (Å²) in [5, 5.41) is 0. The van der Waals surface area contributed by atoms with Gasteiger partial charge in [0.25, 0.3) is 0 Å². The molecule has 0 saturated carbocycles. The van der Waals surface area contributed by atoms with Gasteiger partial charge in [-0.2, -0.15) is 0 Å². The SMILES string of the molecule is C=C1CC(CC[C@@]23CC4O[C@H]5[C@@H](O2)[C@H]2O[C@@H](CC(=O)OC)CC[C@@H]2O[C@H]5[C@H]4O3)OC1CC[C@H]1C[C@@H](C)C(=C)[C@@H](C)O1. The highest BCUT2D eigenvalue weighted by atomic mass is 16.8. The minimum Gasteiger partial charge on any atom is -0.469 e. The largest absolute Gasteiger partial charge is 0.469 e. The van der Waals surface area contributed by atoms with Crippen molar-refractivity contribution in [3.63, 3.8) is 0 Å². The Balaban J connectivity index is 0.965. The summed E-state index contributed by atoms with van der Waals surface area (Å²) in [7, 11) is 1.41. The first kappa shape index (κ1) is 28.4. The van der Waals surface area contributed by atoms with Gasteiger partial charge in [-0.25, -0.2) is 0 Å². The molecule has 0 aromatic rings. The normalized spacial score (nSPS) is 50.2. The van der Waals surface area contributed by atoms with Gasteiger partial charge >= 0.3 is 5.97 Å². The van der Waals surface area contributed by atoms with Crippen molar-refractivity contribution < 1.29 is 42.7 Å². The molecule has 8 aliphatic heterocycles. The molecule has 0 N–H and O–H groups in total. The van der Waals surface area contributed by atoms with Crippen molar-refractivity contribution in [2.45, 2.75) is 157 Å². The zero-order chi connectivity index (χ0) is 28.5. The molecule has 41 heavy (non-hydrogen) atoms. The van der Waals surface area contributed by atoms with Crippen LogP contribution in [0.25, 0.3) is 0 Å². The zero-order valence-electron chi connectivity index (χ0n) is 24.7. The van der Waals surface area contributed by atoms with Crippen LogP contribution >= 0.6 is 0 Å². The van der Waals surface area contributed by atoms with Gasteiger partial charge in [0.15, 0.2) is 5.79 Å². The molecule has 0 aromatic carbocycles. The summed E-state index contributed by atoms with van der Waals surface area (Å²) in [6.07, 6.45) is 6.93. The quantitative estimate of drug-likeness (QED) is 0.313. The van der Waals surface area contributed by atoms with Crippen LogP contribution in [0.2, 0.25) is 0 Å². The third-order valence-electron chi connectivity index (χ3n) is 10.7. The van der Waals surface area contributed by atoms with E-state index in [4.69, 9.17) is 37.9 Å². The fourth-order valence-electron chi connectivity index (χ4n) is 8.42. The smallest absolute Gasteiger partial charge is 0.308 e. The lowest BCUT2D eigenvalue weighted by atomic mass is 9.87. The van der Waals surface area contributed by atoms with E-state index in [1.54, 1.807) is 0 Å². The van der Waals surface area contributed by atoms with Gasteiger partial charge in [-0.3, -0.25) is 4.79 Å². The Hall–Kier alpha value is -1.33. The molecule has 0 radical (unpaired) electrons. The molecule has 8 saturated heterocycles. The predicted octanol–water partition coefficient (Wildman–Crippen LogP) is 4.16. The summed E-state index contributed by atoms with van der Waals surface area (Å²) in [6, 6.07) is 0. The lowest BCUT2D eigenvalue weighted by molar-refractivity contribution is -0.293. The number of carbonyl (C=O) groups is 1. The molecule has 6 bridgehead atoms. The molecule has 9 nitrogen and oxygen atoms in total. The molecule has 9 heteroatoms. The Kier molecular flexibility index (Phi) is 7.62. The van der Waals surface area contributed by atoms with Crippen molar-refractivity contribution in [3.8, 4) is 0 Å². The first-order chi connectivity index (χ1) is 19.7. The number of ether oxygens (including phenoxy) is 8. The van der Waals surface area contributed by atoms with Crippen LogP contribution in [0.5, 0.6) is 0 Å². The summed E-state index contributed by atoms with van der Waals surface area (Å²) >= 11 is 0. The molecule has 8 fully saturated rings. The highest BCUT2D eigenvalue weighted by molar-refractivity contribution is 5.69. The van der Waals surface area contributed by atoms with Crippen LogP contribution in [0.4, 0.5) is 0 Å². The second-order valence-corrected chi connectivity index (χ2v) is 13.5. The van der Waals surface area contributed by atoms with E-state index in [-0.39, 0.29) is 85.6 Å². The van der Waals surface area contributed by atoms with E-state index in [9.17, 15) is 4.79 Å². The number of esters is 1. The number of hydrogen-bond donors (Lipinski definition) is 0. The standard InChI is InChI=1S/C32H46O9/c1-16-12-20(35-19(4)18(16)3)6-8-23-17(2)13-22(36-23)10-11-32-15-25-28(40-32)29-30(39-25)31(41-32)27-24(38-29)9-7-21(37-27)14-26(33)34-5/h16,19-25,27-31H,2-3,6-15H2,1,4-5H3/t16-,19-,20+,21-,22?,23?,24+,25?,27+,28+,29+,30-,31+,32+/m1/s1. The Morgan fingerprint density at radius 3 is 2.44 bits per heavy atom. The molecule has 8 rings (SSSR count). The number of fused-ring (bicyclic) bond motifs is 1. The summed E-state index contributed by atoms with van der Waals surface area (Å²) < 4.78 is 50.6. The van der Waals surface area contributed by atoms with Crippen LogP contribution in [0.1, 0.15) is 78.1 Å². The lowest BCUT2D eigenvalue weighted by Crippen LogP contribution is -2.61. The molecule has 0 spiro atoms. The maximum absolute atomic E-state index is 11.9. The zero-order valence-corrected chi connectivity index (χ0v) is 24.7. The molecule has 0 aromatic heterocycles. The highest BCUT2D eigenvalue weighted by Crippen LogP contribution is 2.54. The average Bonchev–Trinajstić information content (AvgIpc) is 3.53. The molecule has 8 heterocycles. The van der Waals surface area contributed by atoms with Crippen molar-refractivity contribution in [3.05, 3.63) is 24.3 Å². The number of carbonyl (C=O) groups excluding carboxylic acids is 1. The first-order valence-electron chi connectivity index (χ1n) is 15.8. The average molecular weight is 575 g/mol. The third-order valence-corrected chi connectivity index (χ3v) is 10.7. The van der Waals surface area contributed by atoms with Crippen molar-refractivity contribution in [1.29, 1.82) is 0 Å².